The Labute approximate surface area is 82.5 Å². The van der Waals surface area contributed by atoms with Crippen molar-refractivity contribution in [3.63, 3.8) is 0 Å². The summed E-state index contributed by atoms with van der Waals surface area (Å²) in [5.41, 5.74) is 0. The lowest BCUT2D eigenvalue weighted by molar-refractivity contribution is 0.596. The Morgan fingerprint density at radius 2 is 1.92 bits per heavy atom. The monoisotopic (exact) mass is 227 g/mol. The van der Waals surface area contributed by atoms with Crippen molar-refractivity contribution >= 4 is 20.6 Å². The van der Waals surface area contributed by atoms with Crippen LogP contribution in [0.3, 0.4) is 0 Å². The van der Waals surface area contributed by atoms with Crippen molar-refractivity contribution in [2.75, 3.05) is 37.1 Å². The molecule has 0 saturated heterocycles. The van der Waals surface area contributed by atoms with E-state index in [0.717, 1.165) is 13.0 Å². The van der Waals surface area contributed by atoms with Gasteiger partial charge in [0.2, 0.25) is 0 Å². The van der Waals surface area contributed by atoms with Gasteiger partial charge in [0.25, 0.3) is 0 Å². The van der Waals surface area contributed by atoms with Crippen LogP contribution in [0, 0.1) is 0 Å². The average Bonchev–Trinajstić information content (AvgIpc) is 1.93. The number of sulfone groups is 1. The van der Waals surface area contributed by atoms with Crippen LogP contribution in [0.4, 0.5) is 0 Å². The highest BCUT2D eigenvalue weighted by molar-refractivity contribution is 7.90. The Bertz CT molecular complexity index is 248. The summed E-state index contributed by atoms with van der Waals surface area (Å²) in [4.78, 5) is 0. The third-order valence-electron chi connectivity index (χ3n) is 1.43. The van der Waals surface area contributed by atoms with Crippen LogP contribution < -0.4 is 5.32 Å². The van der Waals surface area contributed by atoms with Gasteiger partial charge in [0, 0.05) is 35.6 Å². The molecule has 0 aliphatic heterocycles. The molecule has 0 aromatic heterocycles. The van der Waals surface area contributed by atoms with E-state index in [1.54, 1.807) is 6.26 Å². The molecule has 0 heterocycles. The highest BCUT2D eigenvalue weighted by Crippen LogP contribution is 1.83. The van der Waals surface area contributed by atoms with Crippen LogP contribution in [0.15, 0.2) is 0 Å². The summed E-state index contributed by atoms with van der Waals surface area (Å²) in [5, 5.41) is 2.98. The van der Waals surface area contributed by atoms with Gasteiger partial charge in [-0.05, 0) is 13.0 Å². The number of hydrogen-bond acceptors (Lipinski definition) is 4. The zero-order valence-electron chi connectivity index (χ0n) is 8.08. The largest absolute Gasteiger partial charge is 0.316 e. The minimum Gasteiger partial charge on any atom is -0.316 e. The minimum absolute atomic E-state index is 0.169. The van der Waals surface area contributed by atoms with E-state index in [4.69, 9.17) is 0 Å². The molecule has 13 heavy (non-hydrogen) atoms. The first-order valence-electron chi connectivity index (χ1n) is 4.10. The first-order chi connectivity index (χ1) is 5.92. The standard InChI is InChI=1S/C7H17NO3S2/c1-12(9)6-3-4-8-5-7-13(2,10)11/h8H,3-7H2,1-2H3. The van der Waals surface area contributed by atoms with Crippen LogP contribution in [-0.4, -0.2) is 49.7 Å². The number of hydrogen-bond donors (Lipinski definition) is 1. The molecule has 1 atom stereocenters. The molecular weight excluding hydrogens is 210 g/mol. The molecule has 0 aliphatic rings. The molecule has 0 rings (SSSR count). The molecule has 0 radical (unpaired) electrons. The second-order valence-corrected chi connectivity index (χ2v) is 6.83. The molecule has 0 aromatic carbocycles. The van der Waals surface area contributed by atoms with Crippen molar-refractivity contribution in [2.24, 2.45) is 0 Å². The van der Waals surface area contributed by atoms with Gasteiger partial charge in [0.1, 0.15) is 9.84 Å². The minimum atomic E-state index is -2.85. The Morgan fingerprint density at radius 3 is 2.38 bits per heavy atom. The van der Waals surface area contributed by atoms with Crippen LogP contribution in [0.25, 0.3) is 0 Å². The normalized spacial score (nSPS) is 14.3. The highest BCUT2D eigenvalue weighted by atomic mass is 32.2. The molecule has 0 fully saturated rings. The van der Waals surface area contributed by atoms with Crippen molar-refractivity contribution in [3.8, 4) is 0 Å². The average molecular weight is 227 g/mol. The van der Waals surface area contributed by atoms with Crippen molar-refractivity contribution in [1.29, 1.82) is 0 Å². The van der Waals surface area contributed by atoms with Crippen LogP contribution in [0.2, 0.25) is 0 Å². The molecule has 0 bridgehead atoms. The topological polar surface area (TPSA) is 63.2 Å². The van der Waals surface area contributed by atoms with Gasteiger partial charge in [-0.25, -0.2) is 8.42 Å². The summed E-state index contributed by atoms with van der Waals surface area (Å²) >= 11 is 0. The van der Waals surface area contributed by atoms with Crippen LogP contribution in [0.1, 0.15) is 6.42 Å². The van der Waals surface area contributed by atoms with E-state index in [1.165, 1.54) is 6.26 Å². The lowest BCUT2D eigenvalue weighted by Gasteiger charge is -2.02. The molecule has 4 nitrogen and oxygen atoms in total. The van der Waals surface area contributed by atoms with E-state index >= 15 is 0 Å². The summed E-state index contributed by atoms with van der Waals surface area (Å²) in [7, 11) is -3.60. The predicted molar refractivity (Wildman–Crippen MR) is 56.1 cm³/mol. The summed E-state index contributed by atoms with van der Waals surface area (Å²) in [6.45, 7) is 1.21. The second-order valence-electron chi connectivity index (χ2n) is 3.01. The molecule has 1 N–H and O–H groups in total. The fourth-order valence-corrected chi connectivity index (χ4v) is 1.85. The van der Waals surface area contributed by atoms with Crippen LogP contribution in [-0.2, 0) is 20.6 Å². The van der Waals surface area contributed by atoms with Gasteiger partial charge in [-0.1, -0.05) is 0 Å². The molecule has 6 heteroatoms. The van der Waals surface area contributed by atoms with E-state index in [1.807, 2.05) is 0 Å². The molecule has 0 aliphatic carbocycles. The van der Waals surface area contributed by atoms with Gasteiger partial charge in [-0.15, -0.1) is 0 Å². The quantitative estimate of drug-likeness (QED) is 0.589. The maximum Gasteiger partial charge on any atom is 0.148 e. The lowest BCUT2D eigenvalue weighted by Crippen LogP contribution is -2.24. The molecule has 80 valence electrons. The van der Waals surface area contributed by atoms with Crippen molar-refractivity contribution < 1.29 is 12.6 Å². The summed E-state index contributed by atoms with van der Waals surface area (Å²) in [6, 6.07) is 0. The Kier molecular flexibility index (Phi) is 6.53. The van der Waals surface area contributed by atoms with E-state index < -0.39 is 20.6 Å². The van der Waals surface area contributed by atoms with Gasteiger partial charge < -0.3 is 5.32 Å². The summed E-state index contributed by atoms with van der Waals surface area (Å²) in [5.74, 6) is 0.841. The van der Waals surface area contributed by atoms with E-state index in [2.05, 4.69) is 5.32 Å². The van der Waals surface area contributed by atoms with E-state index in [9.17, 15) is 12.6 Å². The summed E-state index contributed by atoms with van der Waals surface area (Å²) < 4.78 is 32.0. The summed E-state index contributed by atoms with van der Waals surface area (Å²) in [6.07, 6.45) is 3.71. The van der Waals surface area contributed by atoms with Crippen molar-refractivity contribution in [1.82, 2.24) is 5.32 Å². The Balaban J connectivity index is 3.23. The van der Waals surface area contributed by atoms with Crippen LogP contribution >= 0.6 is 0 Å². The SMILES string of the molecule is CS(=O)CCCNCCS(C)(=O)=O. The van der Waals surface area contributed by atoms with Gasteiger partial charge in [-0.2, -0.15) is 0 Å². The molecule has 0 saturated carbocycles. The Morgan fingerprint density at radius 1 is 1.31 bits per heavy atom. The zero-order chi connectivity index (χ0) is 10.3. The maximum absolute atomic E-state index is 10.7. The predicted octanol–water partition coefficient (Wildman–Crippen LogP) is -0.611. The fourth-order valence-electron chi connectivity index (χ4n) is 0.783. The van der Waals surface area contributed by atoms with Crippen LogP contribution in [0.5, 0.6) is 0 Å². The third kappa shape index (κ3) is 12.1. The first-order valence-corrected chi connectivity index (χ1v) is 7.89. The Hall–Kier alpha value is 0.0600. The van der Waals surface area contributed by atoms with Gasteiger partial charge in [0.05, 0.1) is 5.75 Å². The second kappa shape index (κ2) is 6.50. The molecule has 0 amide bonds. The first kappa shape index (κ1) is 13.1. The van der Waals surface area contributed by atoms with Crippen molar-refractivity contribution in [2.45, 2.75) is 6.42 Å². The molecule has 0 spiro atoms. The third-order valence-corrected chi connectivity index (χ3v) is 3.24. The fraction of sp³-hybridized carbons (Fsp3) is 1.00. The van der Waals surface area contributed by atoms with E-state index in [-0.39, 0.29) is 5.75 Å². The smallest absolute Gasteiger partial charge is 0.148 e. The van der Waals surface area contributed by atoms with E-state index in [0.29, 0.717) is 12.3 Å². The molecule has 1 unspecified atom stereocenters. The zero-order valence-corrected chi connectivity index (χ0v) is 9.71. The van der Waals surface area contributed by atoms with Gasteiger partial charge in [-0.3, -0.25) is 4.21 Å². The highest BCUT2D eigenvalue weighted by Gasteiger charge is 2.00. The maximum atomic E-state index is 10.7. The lowest BCUT2D eigenvalue weighted by atomic mass is 10.5. The van der Waals surface area contributed by atoms with Gasteiger partial charge in [0.15, 0.2) is 0 Å². The number of nitrogens with one attached hydrogen (secondary N) is 1. The van der Waals surface area contributed by atoms with Crippen molar-refractivity contribution in [3.05, 3.63) is 0 Å². The van der Waals surface area contributed by atoms with Gasteiger partial charge >= 0.3 is 0 Å². The molecule has 0 aromatic rings. The molecular formula is C7H17NO3S2. The number of rotatable bonds is 7.